The number of nitrogens with one attached hydrogen (secondary N) is 1. The molecule has 5 heteroatoms. The Morgan fingerprint density at radius 1 is 1.52 bits per heavy atom. The highest BCUT2D eigenvalue weighted by Crippen LogP contribution is 2.19. The van der Waals surface area contributed by atoms with Gasteiger partial charge >= 0.3 is 0 Å². The molecular formula is C16H21N3O2. The van der Waals surface area contributed by atoms with Gasteiger partial charge in [-0.1, -0.05) is 6.07 Å². The first-order valence-electron chi connectivity index (χ1n) is 7.50. The van der Waals surface area contributed by atoms with Crippen LogP contribution in [0.4, 0.5) is 0 Å². The lowest BCUT2D eigenvalue weighted by Gasteiger charge is -2.11. The summed E-state index contributed by atoms with van der Waals surface area (Å²) >= 11 is 0. The molecule has 0 radical (unpaired) electrons. The third-order valence-electron chi connectivity index (χ3n) is 3.88. The summed E-state index contributed by atoms with van der Waals surface area (Å²) in [7, 11) is 0. The van der Waals surface area contributed by atoms with Crippen LogP contribution in [0.2, 0.25) is 0 Å². The lowest BCUT2D eigenvalue weighted by Crippen LogP contribution is -2.33. The van der Waals surface area contributed by atoms with Crippen LogP contribution in [0.15, 0.2) is 24.5 Å². The number of aromatic nitrogens is 2. The van der Waals surface area contributed by atoms with Crippen LogP contribution < -0.4 is 5.32 Å². The summed E-state index contributed by atoms with van der Waals surface area (Å²) in [5.74, 6) is -0.0136. The van der Waals surface area contributed by atoms with Gasteiger partial charge in [0.25, 0.3) is 0 Å². The van der Waals surface area contributed by atoms with E-state index in [9.17, 15) is 4.79 Å². The van der Waals surface area contributed by atoms with Gasteiger partial charge in [0.1, 0.15) is 6.10 Å². The van der Waals surface area contributed by atoms with Crippen molar-refractivity contribution >= 4 is 16.9 Å². The van der Waals surface area contributed by atoms with Gasteiger partial charge in [0, 0.05) is 19.2 Å². The molecule has 1 N–H and O–H groups in total. The second kappa shape index (κ2) is 5.85. The quantitative estimate of drug-likeness (QED) is 0.939. The summed E-state index contributed by atoms with van der Waals surface area (Å²) < 4.78 is 7.52. The summed E-state index contributed by atoms with van der Waals surface area (Å²) in [6.07, 6.45) is 3.39. The van der Waals surface area contributed by atoms with Crippen molar-refractivity contribution in [2.45, 2.75) is 45.4 Å². The molecule has 0 aliphatic carbocycles. The molecule has 1 aliphatic heterocycles. The zero-order chi connectivity index (χ0) is 14.8. The molecule has 1 aromatic heterocycles. The molecule has 2 heterocycles. The fourth-order valence-electron chi connectivity index (χ4n) is 2.69. The first kappa shape index (κ1) is 14.1. The van der Waals surface area contributed by atoms with Gasteiger partial charge in [-0.2, -0.15) is 0 Å². The number of rotatable bonds is 4. The maximum absolute atomic E-state index is 11.9. The number of benzene rings is 1. The zero-order valence-corrected chi connectivity index (χ0v) is 12.5. The number of hydrogen-bond acceptors (Lipinski definition) is 3. The average Bonchev–Trinajstić information content (AvgIpc) is 3.13. The van der Waals surface area contributed by atoms with Gasteiger partial charge in [0.15, 0.2) is 0 Å². The van der Waals surface area contributed by atoms with Gasteiger partial charge in [-0.25, -0.2) is 4.98 Å². The molecule has 21 heavy (non-hydrogen) atoms. The summed E-state index contributed by atoms with van der Waals surface area (Å²) in [5.41, 5.74) is 3.15. The van der Waals surface area contributed by atoms with Crippen molar-refractivity contribution in [2.24, 2.45) is 0 Å². The number of hydrogen-bond donors (Lipinski definition) is 1. The zero-order valence-electron chi connectivity index (χ0n) is 12.5. The topological polar surface area (TPSA) is 56.2 Å². The van der Waals surface area contributed by atoms with Gasteiger partial charge in [-0.3, -0.25) is 4.79 Å². The predicted octanol–water partition coefficient (Wildman–Crippen LogP) is 2.41. The number of ether oxygens (including phenoxy) is 1. The van der Waals surface area contributed by atoms with E-state index in [1.807, 2.05) is 18.5 Å². The van der Waals surface area contributed by atoms with E-state index >= 15 is 0 Å². The fourth-order valence-corrected chi connectivity index (χ4v) is 2.69. The van der Waals surface area contributed by atoms with Gasteiger partial charge in [-0.05, 0) is 44.4 Å². The summed E-state index contributed by atoms with van der Waals surface area (Å²) in [6.45, 7) is 5.48. The lowest BCUT2D eigenvalue weighted by molar-refractivity contribution is -0.130. The highest BCUT2D eigenvalue weighted by molar-refractivity contribution is 5.81. The summed E-state index contributed by atoms with van der Waals surface area (Å²) in [5, 5.41) is 2.94. The third-order valence-corrected chi connectivity index (χ3v) is 3.88. The fraction of sp³-hybridized carbons (Fsp3) is 0.500. The van der Waals surface area contributed by atoms with Crippen molar-refractivity contribution in [2.75, 3.05) is 6.61 Å². The van der Waals surface area contributed by atoms with Crippen LogP contribution in [0.3, 0.4) is 0 Å². The van der Waals surface area contributed by atoms with Crippen molar-refractivity contribution < 1.29 is 9.53 Å². The van der Waals surface area contributed by atoms with Crippen LogP contribution in [0.5, 0.6) is 0 Å². The number of amides is 1. The number of imidazole rings is 1. The van der Waals surface area contributed by atoms with Gasteiger partial charge in [-0.15, -0.1) is 0 Å². The number of carbonyl (C=O) groups excluding carboxylic acids is 1. The lowest BCUT2D eigenvalue weighted by atomic mass is 10.2. The molecule has 1 saturated heterocycles. The first-order chi connectivity index (χ1) is 10.1. The third kappa shape index (κ3) is 2.93. The molecule has 1 fully saturated rings. The Bertz CT molecular complexity index is 642. The van der Waals surface area contributed by atoms with Crippen LogP contribution >= 0.6 is 0 Å². The van der Waals surface area contributed by atoms with E-state index in [1.54, 1.807) is 0 Å². The molecule has 0 spiro atoms. The smallest absolute Gasteiger partial charge is 0.249 e. The van der Waals surface area contributed by atoms with E-state index in [1.165, 1.54) is 0 Å². The van der Waals surface area contributed by atoms with Crippen molar-refractivity contribution in [3.8, 4) is 0 Å². The maximum Gasteiger partial charge on any atom is 0.249 e. The largest absolute Gasteiger partial charge is 0.368 e. The Morgan fingerprint density at radius 2 is 2.38 bits per heavy atom. The molecule has 5 nitrogen and oxygen atoms in total. The Kier molecular flexibility index (Phi) is 3.92. The number of nitrogens with zero attached hydrogens (tertiary/aromatic N) is 2. The molecule has 1 aromatic carbocycles. The van der Waals surface area contributed by atoms with E-state index in [-0.39, 0.29) is 12.0 Å². The molecule has 0 bridgehead atoms. The summed E-state index contributed by atoms with van der Waals surface area (Å²) in [6, 6.07) is 6.53. The Balaban J connectivity index is 1.68. The second-order valence-corrected chi connectivity index (χ2v) is 5.79. The van der Waals surface area contributed by atoms with E-state index < -0.39 is 0 Å². The Labute approximate surface area is 124 Å². The molecule has 0 saturated carbocycles. The van der Waals surface area contributed by atoms with Crippen LogP contribution in [0.25, 0.3) is 11.0 Å². The molecule has 1 amide bonds. The van der Waals surface area contributed by atoms with E-state index in [0.717, 1.165) is 29.4 Å². The molecule has 1 unspecified atom stereocenters. The van der Waals surface area contributed by atoms with E-state index in [0.29, 0.717) is 19.2 Å². The minimum absolute atomic E-state index is 0.0136. The second-order valence-electron chi connectivity index (χ2n) is 5.79. The monoisotopic (exact) mass is 287 g/mol. The molecule has 2 aromatic rings. The maximum atomic E-state index is 11.9. The van der Waals surface area contributed by atoms with Crippen LogP contribution in [0.1, 0.15) is 38.3 Å². The highest BCUT2D eigenvalue weighted by Gasteiger charge is 2.23. The van der Waals surface area contributed by atoms with E-state index in [4.69, 9.17) is 4.74 Å². The minimum Gasteiger partial charge on any atom is -0.368 e. The Hall–Kier alpha value is -1.88. The van der Waals surface area contributed by atoms with Crippen molar-refractivity contribution in [1.29, 1.82) is 0 Å². The summed E-state index contributed by atoms with van der Waals surface area (Å²) in [4.78, 5) is 16.4. The molecule has 1 atom stereocenters. The van der Waals surface area contributed by atoms with Gasteiger partial charge in [0.05, 0.1) is 17.4 Å². The molecule has 1 aliphatic rings. The predicted molar refractivity (Wildman–Crippen MR) is 80.9 cm³/mol. The molecular weight excluding hydrogens is 266 g/mol. The van der Waals surface area contributed by atoms with Gasteiger partial charge < -0.3 is 14.6 Å². The van der Waals surface area contributed by atoms with Crippen molar-refractivity contribution in [3.63, 3.8) is 0 Å². The molecule has 112 valence electrons. The SMILES string of the molecule is CC(C)n1cnc2cc(CNC(=O)C3CCCO3)ccc21. The number of carbonyl (C=O) groups is 1. The van der Waals surface area contributed by atoms with Crippen LogP contribution in [-0.2, 0) is 16.1 Å². The van der Waals surface area contributed by atoms with Crippen LogP contribution in [0, 0.1) is 0 Å². The number of fused-ring (bicyclic) bond motifs is 1. The van der Waals surface area contributed by atoms with Crippen molar-refractivity contribution in [1.82, 2.24) is 14.9 Å². The Morgan fingerprint density at radius 3 is 3.10 bits per heavy atom. The van der Waals surface area contributed by atoms with E-state index in [2.05, 4.69) is 34.8 Å². The van der Waals surface area contributed by atoms with Gasteiger partial charge in [0.2, 0.25) is 5.91 Å². The normalized spacial score (nSPS) is 18.5. The van der Waals surface area contributed by atoms with Crippen molar-refractivity contribution in [3.05, 3.63) is 30.1 Å². The standard InChI is InChI=1S/C16H21N3O2/c1-11(2)19-10-18-13-8-12(5-6-14(13)19)9-17-16(20)15-4-3-7-21-15/h5-6,8,10-11,15H,3-4,7,9H2,1-2H3,(H,17,20). The highest BCUT2D eigenvalue weighted by atomic mass is 16.5. The first-order valence-corrected chi connectivity index (χ1v) is 7.50. The average molecular weight is 287 g/mol. The minimum atomic E-state index is -0.270. The van der Waals surface area contributed by atoms with Crippen LogP contribution in [-0.4, -0.2) is 28.2 Å². The molecule has 3 rings (SSSR count).